The highest BCUT2D eigenvalue weighted by Crippen LogP contribution is 2.37. The van der Waals surface area contributed by atoms with Gasteiger partial charge in [-0.1, -0.05) is 29.8 Å². The maximum absolute atomic E-state index is 12.1. The number of aliphatic carboxylic acids is 1. The number of methoxy groups -OCH3 is 1. The van der Waals surface area contributed by atoms with E-state index in [0.717, 1.165) is 5.56 Å². The van der Waals surface area contributed by atoms with Crippen LogP contribution in [0.3, 0.4) is 0 Å². The molecule has 0 aliphatic carbocycles. The average molecular weight is 302 g/mol. The van der Waals surface area contributed by atoms with Gasteiger partial charge in [0.25, 0.3) is 0 Å². The van der Waals surface area contributed by atoms with Gasteiger partial charge in [0.15, 0.2) is 0 Å². The van der Waals surface area contributed by atoms with E-state index in [0.29, 0.717) is 11.3 Å². The number of benzene rings is 1. The van der Waals surface area contributed by atoms with Crippen LogP contribution in [-0.2, 0) is 14.3 Å². The number of carboxylic acid groups (broad SMARTS) is 1. The molecule has 0 radical (unpaired) electrons. The molecular weight excluding hydrogens is 284 g/mol. The van der Waals surface area contributed by atoms with Crippen LogP contribution in [0.1, 0.15) is 24.0 Å². The SMILES string of the molecule is COC(=O)C1=C(C)NC(N)=C(C(=O)O)C1c1ccc(C)cc1. The van der Waals surface area contributed by atoms with Crippen LogP contribution in [0, 0.1) is 6.92 Å². The molecule has 116 valence electrons. The van der Waals surface area contributed by atoms with Gasteiger partial charge in [0.05, 0.1) is 24.2 Å². The standard InChI is InChI=1S/C16H18N2O4/c1-8-4-6-10(7-5-8)12-11(16(21)22-3)9(2)18-14(17)13(12)15(19)20/h4-7,12,18H,17H2,1-3H3,(H,19,20). The molecular formula is C16H18N2O4. The van der Waals surface area contributed by atoms with Crippen LogP contribution in [0.5, 0.6) is 0 Å². The summed E-state index contributed by atoms with van der Waals surface area (Å²) in [6, 6.07) is 7.30. The number of carbonyl (C=O) groups excluding carboxylic acids is 1. The highest BCUT2D eigenvalue weighted by atomic mass is 16.5. The van der Waals surface area contributed by atoms with Gasteiger partial charge in [-0.05, 0) is 19.4 Å². The number of nitrogens with two attached hydrogens (primary N) is 1. The van der Waals surface area contributed by atoms with Crippen molar-refractivity contribution in [1.82, 2.24) is 5.32 Å². The van der Waals surface area contributed by atoms with Crippen molar-refractivity contribution < 1.29 is 19.4 Å². The quantitative estimate of drug-likeness (QED) is 0.729. The summed E-state index contributed by atoms with van der Waals surface area (Å²) in [5.41, 5.74) is 8.21. The molecule has 0 fully saturated rings. The van der Waals surface area contributed by atoms with Gasteiger partial charge in [-0.15, -0.1) is 0 Å². The van der Waals surface area contributed by atoms with Crippen molar-refractivity contribution >= 4 is 11.9 Å². The Bertz CT molecular complexity index is 687. The lowest BCUT2D eigenvalue weighted by molar-refractivity contribution is -0.136. The fraction of sp³-hybridized carbons (Fsp3) is 0.250. The third-order valence-corrected chi connectivity index (χ3v) is 3.64. The molecule has 2 rings (SSSR count). The molecule has 6 nitrogen and oxygen atoms in total. The van der Waals surface area contributed by atoms with Gasteiger partial charge >= 0.3 is 11.9 Å². The van der Waals surface area contributed by atoms with Crippen molar-refractivity contribution in [3.05, 3.63) is 58.1 Å². The van der Waals surface area contributed by atoms with Crippen molar-refractivity contribution in [2.45, 2.75) is 19.8 Å². The fourth-order valence-corrected chi connectivity index (χ4v) is 2.56. The molecule has 6 heteroatoms. The minimum absolute atomic E-state index is 0.0308. The van der Waals surface area contributed by atoms with E-state index in [1.54, 1.807) is 19.1 Å². The summed E-state index contributed by atoms with van der Waals surface area (Å²) in [6.07, 6.45) is 0. The zero-order chi connectivity index (χ0) is 16.4. The molecule has 0 saturated heterocycles. The number of aryl methyl sites for hydroxylation is 1. The third kappa shape index (κ3) is 2.67. The summed E-state index contributed by atoms with van der Waals surface area (Å²) in [4.78, 5) is 23.8. The Morgan fingerprint density at radius 1 is 1.18 bits per heavy atom. The number of ether oxygens (including phenoxy) is 1. The van der Waals surface area contributed by atoms with E-state index < -0.39 is 17.9 Å². The minimum Gasteiger partial charge on any atom is -0.478 e. The lowest BCUT2D eigenvalue weighted by Gasteiger charge is -2.28. The van der Waals surface area contributed by atoms with Gasteiger partial charge in [-0.25, -0.2) is 9.59 Å². The van der Waals surface area contributed by atoms with E-state index in [1.165, 1.54) is 7.11 Å². The molecule has 0 amide bonds. The topological polar surface area (TPSA) is 102 Å². The first-order chi connectivity index (χ1) is 10.4. The first-order valence-electron chi connectivity index (χ1n) is 6.72. The summed E-state index contributed by atoms with van der Waals surface area (Å²) in [7, 11) is 1.26. The minimum atomic E-state index is -1.18. The van der Waals surface area contributed by atoms with Gasteiger partial charge in [0.2, 0.25) is 0 Å². The molecule has 1 aromatic rings. The predicted octanol–water partition coefficient (Wildman–Crippen LogP) is 1.38. The summed E-state index contributed by atoms with van der Waals surface area (Å²) in [5, 5.41) is 12.2. The van der Waals surface area contributed by atoms with Crippen molar-refractivity contribution in [3.63, 3.8) is 0 Å². The van der Waals surface area contributed by atoms with E-state index in [1.807, 2.05) is 19.1 Å². The van der Waals surface area contributed by atoms with Gasteiger partial charge in [-0.3, -0.25) is 0 Å². The second-order valence-corrected chi connectivity index (χ2v) is 5.13. The van der Waals surface area contributed by atoms with Crippen molar-refractivity contribution in [3.8, 4) is 0 Å². The monoisotopic (exact) mass is 302 g/mol. The van der Waals surface area contributed by atoms with Crippen molar-refractivity contribution in [1.29, 1.82) is 0 Å². The number of allylic oxidation sites excluding steroid dienone is 1. The summed E-state index contributed by atoms with van der Waals surface area (Å²) in [6.45, 7) is 3.59. The molecule has 1 unspecified atom stereocenters. The highest BCUT2D eigenvalue weighted by molar-refractivity contribution is 5.99. The second-order valence-electron chi connectivity index (χ2n) is 5.13. The molecule has 1 aliphatic rings. The highest BCUT2D eigenvalue weighted by Gasteiger charge is 2.37. The molecule has 1 aromatic carbocycles. The molecule has 22 heavy (non-hydrogen) atoms. The first-order valence-corrected chi connectivity index (χ1v) is 6.72. The van der Waals surface area contributed by atoms with E-state index in [9.17, 15) is 14.7 Å². The van der Waals surface area contributed by atoms with Crippen LogP contribution in [0.2, 0.25) is 0 Å². The van der Waals surface area contributed by atoms with Crippen molar-refractivity contribution in [2.24, 2.45) is 5.73 Å². The Labute approximate surface area is 128 Å². The Kier molecular flexibility index (Phi) is 4.21. The van der Waals surface area contributed by atoms with Gasteiger partial charge < -0.3 is 20.9 Å². The van der Waals surface area contributed by atoms with Gasteiger partial charge in [-0.2, -0.15) is 0 Å². The Morgan fingerprint density at radius 3 is 2.27 bits per heavy atom. The molecule has 4 N–H and O–H groups in total. The van der Waals surface area contributed by atoms with Crippen LogP contribution in [0.25, 0.3) is 0 Å². The molecule has 0 bridgehead atoms. The number of esters is 1. The van der Waals surface area contributed by atoms with Crippen LogP contribution in [0.15, 0.2) is 46.9 Å². The molecule has 1 aliphatic heterocycles. The van der Waals surface area contributed by atoms with E-state index in [4.69, 9.17) is 10.5 Å². The number of nitrogens with one attached hydrogen (secondary N) is 1. The van der Waals surface area contributed by atoms with Gasteiger partial charge in [0, 0.05) is 5.70 Å². The zero-order valence-electron chi connectivity index (χ0n) is 12.6. The predicted molar refractivity (Wildman–Crippen MR) is 80.6 cm³/mol. The fourth-order valence-electron chi connectivity index (χ4n) is 2.56. The van der Waals surface area contributed by atoms with Crippen LogP contribution in [-0.4, -0.2) is 24.2 Å². The van der Waals surface area contributed by atoms with Crippen LogP contribution < -0.4 is 11.1 Å². The first kappa shape index (κ1) is 15.6. The van der Waals surface area contributed by atoms with Crippen LogP contribution >= 0.6 is 0 Å². The number of hydrogen-bond donors (Lipinski definition) is 3. The zero-order valence-corrected chi connectivity index (χ0v) is 12.6. The lowest BCUT2D eigenvalue weighted by Crippen LogP contribution is -2.35. The number of rotatable bonds is 3. The lowest BCUT2D eigenvalue weighted by atomic mass is 9.81. The molecule has 0 aromatic heterocycles. The number of hydrogen-bond acceptors (Lipinski definition) is 5. The van der Waals surface area contributed by atoms with Crippen molar-refractivity contribution in [2.75, 3.05) is 7.11 Å². The van der Waals surface area contributed by atoms with Crippen LogP contribution in [0.4, 0.5) is 0 Å². The summed E-state index contributed by atoms with van der Waals surface area (Å²) >= 11 is 0. The molecule has 1 heterocycles. The maximum atomic E-state index is 12.1. The smallest absolute Gasteiger partial charge is 0.336 e. The number of carbonyl (C=O) groups is 2. The average Bonchev–Trinajstić information content (AvgIpc) is 2.46. The normalized spacial score (nSPS) is 18.0. The number of carboxylic acids is 1. The summed E-state index contributed by atoms with van der Waals surface area (Å²) < 4.78 is 4.81. The maximum Gasteiger partial charge on any atom is 0.336 e. The Balaban J connectivity index is 2.66. The molecule has 0 spiro atoms. The Morgan fingerprint density at radius 2 is 1.77 bits per heavy atom. The van der Waals surface area contributed by atoms with Gasteiger partial charge in [0.1, 0.15) is 5.82 Å². The molecule has 1 atom stereocenters. The largest absolute Gasteiger partial charge is 0.478 e. The van der Waals surface area contributed by atoms with E-state index in [-0.39, 0.29) is 17.0 Å². The second kappa shape index (κ2) is 5.93. The van der Waals surface area contributed by atoms with E-state index in [2.05, 4.69) is 5.32 Å². The van der Waals surface area contributed by atoms with E-state index >= 15 is 0 Å². The Hall–Kier alpha value is -2.76. The third-order valence-electron chi connectivity index (χ3n) is 3.64. The summed E-state index contributed by atoms with van der Waals surface area (Å²) in [5.74, 6) is -2.50. The molecule has 0 saturated carbocycles. The number of dihydropyridines is 1.